The number of hydrogen-bond acceptors (Lipinski definition) is 3. The number of carbonyl (C=O) groups excluding carboxylic acids is 1. The molecule has 0 aliphatic carbocycles. The zero-order valence-electron chi connectivity index (χ0n) is 11.1. The van der Waals surface area contributed by atoms with Gasteiger partial charge in [0.2, 0.25) is 0 Å². The number of hydrogen-bond donors (Lipinski definition) is 0. The molecule has 0 fully saturated rings. The summed E-state index contributed by atoms with van der Waals surface area (Å²) >= 11 is 0. The predicted molar refractivity (Wildman–Crippen MR) is 65.4 cm³/mol. The fourth-order valence-corrected chi connectivity index (χ4v) is 1.52. The summed E-state index contributed by atoms with van der Waals surface area (Å²) in [6.45, 7) is 7.01. The molecular weight excluding hydrogens is 204 g/mol. The number of ether oxygens (including phenoxy) is 2. The van der Waals surface area contributed by atoms with Crippen LogP contribution in [-0.2, 0) is 14.3 Å². The van der Waals surface area contributed by atoms with Crippen LogP contribution in [0.2, 0.25) is 0 Å². The molecule has 0 heterocycles. The first-order chi connectivity index (χ1) is 7.56. The van der Waals surface area contributed by atoms with E-state index < -0.39 is 0 Å². The maximum atomic E-state index is 11.3. The molecule has 0 rings (SSSR count). The average Bonchev–Trinajstić information content (AvgIpc) is 2.17. The van der Waals surface area contributed by atoms with E-state index in [1.807, 2.05) is 6.92 Å². The standard InChI is InChI=1S/C13H26O3/c1-11(2)7-5-8-12(3)16-13(14)9-6-10-15-4/h11-12H,5-10H2,1-4H3. The van der Waals surface area contributed by atoms with E-state index in [4.69, 9.17) is 9.47 Å². The second kappa shape index (κ2) is 9.64. The van der Waals surface area contributed by atoms with Crippen molar-refractivity contribution in [3.8, 4) is 0 Å². The van der Waals surface area contributed by atoms with E-state index in [2.05, 4.69) is 13.8 Å². The van der Waals surface area contributed by atoms with Crippen molar-refractivity contribution in [2.45, 2.75) is 59.0 Å². The second-order valence-corrected chi connectivity index (χ2v) is 4.72. The Bertz CT molecular complexity index is 178. The highest BCUT2D eigenvalue weighted by molar-refractivity contribution is 5.69. The van der Waals surface area contributed by atoms with Gasteiger partial charge in [0.1, 0.15) is 0 Å². The van der Waals surface area contributed by atoms with Crippen LogP contribution in [0.25, 0.3) is 0 Å². The third-order valence-electron chi connectivity index (χ3n) is 2.45. The van der Waals surface area contributed by atoms with Crippen LogP contribution in [0.3, 0.4) is 0 Å². The Hall–Kier alpha value is -0.570. The van der Waals surface area contributed by atoms with E-state index in [1.54, 1.807) is 7.11 Å². The highest BCUT2D eigenvalue weighted by Gasteiger charge is 2.09. The van der Waals surface area contributed by atoms with E-state index >= 15 is 0 Å². The molecule has 0 N–H and O–H groups in total. The van der Waals surface area contributed by atoms with Crippen molar-refractivity contribution < 1.29 is 14.3 Å². The van der Waals surface area contributed by atoms with Crippen molar-refractivity contribution in [3.05, 3.63) is 0 Å². The molecule has 0 aliphatic heterocycles. The molecule has 0 amide bonds. The quantitative estimate of drug-likeness (QED) is 0.451. The molecule has 0 saturated carbocycles. The molecule has 1 atom stereocenters. The van der Waals surface area contributed by atoms with Gasteiger partial charge in [-0.3, -0.25) is 4.79 Å². The second-order valence-electron chi connectivity index (χ2n) is 4.72. The first-order valence-electron chi connectivity index (χ1n) is 6.24. The molecule has 0 radical (unpaired) electrons. The van der Waals surface area contributed by atoms with E-state index in [0.29, 0.717) is 13.0 Å². The van der Waals surface area contributed by atoms with Gasteiger partial charge in [0.05, 0.1) is 6.10 Å². The molecular formula is C13H26O3. The summed E-state index contributed by atoms with van der Waals surface area (Å²) in [6, 6.07) is 0. The lowest BCUT2D eigenvalue weighted by Gasteiger charge is -2.13. The summed E-state index contributed by atoms with van der Waals surface area (Å²) in [7, 11) is 1.64. The Balaban J connectivity index is 3.46. The maximum Gasteiger partial charge on any atom is 0.306 e. The molecule has 0 bridgehead atoms. The summed E-state index contributed by atoms with van der Waals surface area (Å²) < 4.78 is 10.2. The molecule has 96 valence electrons. The van der Waals surface area contributed by atoms with E-state index in [9.17, 15) is 4.79 Å². The van der Waals surface area contributed by atoms with Crippen LogP contribution >= 0.6 is 0 Å². The first kappa shape index (κ1) is 15.4. The van der Waals surface area contributed by atoms with Crippen molar-refractivity contribution >= 4 is 5.97 Å². The Kier molecular flexibility index (Phi) is 9.30. The van der Waals surface area contributed by atoms with Gasteiger partial charge in [-0.1, -0.05) is 20.3 Å². The average molecular weight is 230 g/mol. The molecule has 0 spiro atoms. The maximum absolute atomic E-state index is 11.3. The van der Waals surface area contributed by atoms with Crippen LogP contribution in [0.1, 0.15) is 52.9 Å². The normalized spacial score (nSPS) is 12.8. The number of rotatable bonds is 9. The minimum absolute atomic E-state index is 0.0498. The van der Waals surface area contributed by atoms with Crippen LogP contribution in [-0.4, -0.2) is 25.8 Å². The minimum atomic E-state index is -0.103. The SMILES string of the molecule is COCCCC(=O)OC(C)CCCC(C)C. The highest BCUT2D eigenvalue weighted by atomic mass is 16.5. The lowest BCUT2D eigenvalue weighted by atomic mass is 10.0. The van der Waals surface area contributed by atoms with Crippen LogP contribution in [0.15, 0.2) is 0 Å². The number of esters is 1. The van der Waals surface area contributed by atoms with Gasteiger partial charge in [-0.15, -0.1) is 0 Å². The lowest BCUT2D eigenvalue weighted by molar-refractivity contribution is -0.148. The van der Waals surface area contributed by atoms with Gasteiger partial charge in [-0.25, -0.2) is 0 Å². The molecule has 0 aromatic rings. The van der Waals surface area contributed by atoms with Gasteiger partial charge in [-0.05, 0) is 32.1 Å². The van der Waals surface area contributed by atoms with E-state index in [0.717, 1.165) is 25.2 Å². The largest absolute Gasteiger partial charge is 0.463 e. The fraction of sp³-hybridized carbons (Fsp3) is 0.923. The summed E-state index contributed by atoms with van der Waals surface area (Å²) in [5.74, 6) is 0.624. The molecule has 0 aliphatic rings. The number of methoxy groups -OCH3 is 1. The van der Waals surface area contributed by atoms with Gasteiger partial charge in [0.15, 0.2) is 0 Å². The Morgan fingerprint density at radius 2 is 1.81 bits per heavy atom. The smallest absolute Gasteiger partial charge is 0.306 e. The minimum Gasteiger partial charge on any atom is -0.463 e. The van der Waals surface area contributed by atoms with Gasteiger partial charge >= 0.3 is 5.97 Å². The zero-order valence-corrected chi connectivity index (χ0v) is 11.1. The van der Waals surface area contributed by atoms with Crippen LogP contribution < -0.4 is 0 Å². The Morgan fingerprint density at radius 3 is 2.38 bits per heavy atom. The molecule has 0 saturated heterocycles. The van der Waals surface area contributed by atoms with E-state index in [1.165, 1.54) is 6.42 Å². The van der Waals surface area contributed by atoms with Crippen molar-refractivity contribution in [3.63, 3.8) is 0 Å². The molecule has 3 heteroatoms. The third-order valence-corrected chi connectivity index (χ3v) is 2.45. The molecule has 3 nitrogen and oxygen atoms in total. The van der Waals surface area contributed by atoms with Gasteiger partial charge in [0.25, 0.3) is 0 Å². The molecule has 1 unspecified atom stereocenters. The lowest BCUT2D eigenvalue weighted by Crippen LogP contribution is -2.15. The van der Waals surface area contributed by atoms with Gasteiger partial charge < -0.3 is 9.47 Å². The summed E-state index contributed by atoms with van der Waals surface area (Å²) in [5, 5.41) is 0. The molecule has 16 heavy (non-hydrogen) atoms. The monoisotopic (exact) mass is 230 g/mol. The zero-order chi connectivity index (χ0) is 12.4. The Morgan fingerprint density at radius 1 is 1.12 bits per heavy atom. The van der Waals surface area contributed by atoms with Crippen molar-refractivity contribution in [1.29, 1.82) is 0 Å². The van der Waals surface area contributed by atoms with Crippen molar-refractivity contribution in [2.24, 2.45) is 5.92 Å². The van der Waals surface area contributed by atoms with Crippen LogP contribution in [0.4, 0.5) is 0 Å². The molecule has 0 aromatic heterocycles. The van der Waals surface area contributed by atoms with Gasteiger partial charge in [-0.2, -0.15) is 0 Å². The Labute approximate surface area is 99.5 Å². The van der Waals surface area contributed by atoms with Crippen molar-refractivity contribution in [1.82, 2.24) is 0 Å². The molecule has 0 aromatic carbocycles. The number of carbonyl (C=O) groups is 1. The summed E-state index contributed by atoms with van der Waals surface area (Å²) in [4.78, 5) is 11.3. The van der Waals surface area contributed by atoms with Crippen LogP contribution in [0.5, 0.6) is 0 Å². The topological polar surface area (TPSA) is 35.5 Å². The predicted octanol–water partition coefficient (Wildman–Crippen LogP) is 3.17. The highest BCUT2D eigenvalue weighted by Crippen LogP contribution is 2.11. The van der Waals surface area contributed by atoms with Gasteiger partial charge in [0, 0.05) is 20.1 Å². The first-order valence-corrected chi connectivity index (χ1v) is 6.24. The fourth-order valence-electron chi connectivity index (χ4n) is 1.52. The third kappa shape index (κ3) is 9.97. The van der Waals surface area contributed by atoms with E-state index in [-0.39, 0.29) is 12.1 Å². The van der Waals surface area contributed by atoms with Crippen molar-refractivity contribution in [2.75, 3.05) is 13.7 Å². The summed E-state index contributed by atoms with van der Waals surface area (Å²) in [6.07, 6.45) is 4.55. The van der Waals surface area contributed by atoms with Crippen LogP contribution in [0, 0.1) is 5.92 Å². The summed E-state index contributed by atoms with van der Waals surface area (Å²) in [5.41, 5.74) is 0.